The number of pyridine rings is 2. The van der Waals surface area contributed by atoms with Crippen LogP contribution in [0.3, 0.4) is 0 Å². The predicted molar refractivity (Wildman–Crippen MR) is 111 cm³/mol. The van der Waals surface area contributed by atoms with Gasteiger partial charge in [-0.05, 0) is 41.9 Å². The molecule has 0 aromatic carbocycles. The Morgan fingerprint density at radius 2 is 1.20 bits per heavy atom. The molecule has 0 saturated heterocycles. The van der Waals surface area contributed by atoms with Gasteiger partial charge < -0.3 is 17.0 Å². The Labute approximate surface area is 179 Å². The highest BCUT2D eigenvalue weighted by molar-refractivity contribution is 8.93. The average molecular weight is 490 g/mol. The number of aryl methyl sites for hydroxylation is 1. The number of aromatic nitrogens is 2. The molecular weight excluding hydrogens is 460 g/mol. The van der Waals surface area contributed by atoms with Gasteiger partial charge in [0.15, 0.2) is 12.4 Å². The second-order valence-electron chi connectivity index (χ2n) is 6.11. The quantitative estimate of drug-likeness (QED) is 0.291. The summed E-state index contributed by atoms with van der Waals surface area (Å²) in [5.41, 5.74) is 2.48. The molecule has 5 heteroatoms. The number of unbranched alkanes of at least 4 members (excludes halogenated alkanes) is 7. The Balaban J connectivity index is 0.00000288. The van der Waals surface area contributed by atoms with Gasteiger partial charge in [-0.25, -0.2) is 4.57 Å². The lowest BCUT2D eigenvalue weighted by atomic mass is 10.1. The fourth-order valence-electron chi connectivity index (χ4n) is 2.81. The summed E-state index contributed by atoms with van der Waals surface area (Å²) in [6.45, 7) is 1.12. The molecule has 0 aliphatic carbocycles. The summed E-state index contributed by atoms with van der Waals surface area (Å²) >= 11 is 4.25. The Hall–Kier alpha value is -0.390. The highest BCUT2D eigenvalue weighted by atomic mass is 79.9. The second-order valence-corrected chi connectivity index (χ2v) is 6.56. The minimum Gasteiger partial charge on any atom is -1.00 e. The molecular formula is C20H30Br2N2S. The molecule has 2 aromatic heterocycles. The van der Waals surface area contributed by atoms with Crippen molar-refractivity contribution in [2.75, 3.05) is 5.75 Å². The zero-order valence-corrected chi connectivity index (χ0v) is 19.0. The van der Waals surface area contributed by atoms with E-state index in [1.54, 1.807) is 0 Å². The van der Waals surface area contributed by atoms with Gasteiger partial charge >= 0.3 is 0 Å². The first-order valence-corrected chi connectivity index (χ1v) is 9.54. The van der Waals surface area contributed by atoms with Crippen molar-refractivity contribution < 1.29 is 21.5 Å². The normalized spacial score (nSPS) is 9.96. The summed E-state index contributed by atoms with van der Waals surface area (Å²) in [6, 6.07) is 8.49. The van der Waals surface area contributed by atoms with E-state index in [-0.39, 0.29) is 34.0 Å². The Morgan fingerprint density at radius 1 is 0.720 bits per heavy atom. The average Bonchev–Trinajstić information content (AvgIpc) is 2.62. The Kier molecular flexibility index (Phi) is 15.6. The van der Waals surface area contributed by atoms with Crippen LogP contribution >= 0.6 is 29.6 Å². The van der Waals surface area contributed by atoms with E-state index in [1.807, 2.05) is 12.4 Å². The maximum absolute atomic E-state index is 4.25. The van der Waals surface area contributed by atoms with Gasteiger partial charge in [-0.3, -0.25) is 4.98 Å². The van der Waals surface area contributed by atoms with Crippen molar-refractivity contribution >= 4 is 29.6 Å². The van der Waals surface area contributed by atoms with Crippen molar-refractivity contribution in [1.29, 1.82) is 0 Å². The largest absolute Gasteiger partial charge is 1.00 e. The van der Waals surface area contributed by atoms with E-state index in [4.69, 9.17) is 0 Å². The molecule has 2 rings (SSSR count). The van der Waals surface area contributed by atoms with Crippen LogP contribution in [-0.2, 0) is 6.54 Å². The lowest BCUT2D eigenvalue weighted by Crippen LogP contribution is -3.00. The van der Waals surface area contributed by atoms with Crippen molar-refractivity contribution in [3.63, 3.8) is 0 Å². The number of hydrogen-bond acceptors (Lipinski definition) is 2. The molecule has 0 fully saturated rings. The number of rotatable bonds is 11. The summed E-state index contributed by atoms with van der Waals surface area (Å²) in [5.74, 6) is 1.04. The van der Waals surface area contributed by atoms with Gasteiger partial charge in [0.2, 0.25) is 0 Å². The van der Waals surface area contributed by atoms with Gasteiger partial charge in [0.25, 0.3) is 0 Å². The third-order valence-corrected chi connectivity index (χ3v) is 4.55. The third-order valence-electron chi connectivity index (χ3n) is 4.23. The van der Waals surface area contributed by atoms with E-state index in [0.717, 1.165) is 12.3 Å². The predicted octanol–water partition coefficient (Wildman–Crippen LogP) is 2.67. The maximum atomic E-state index is 4.25. The van der Waals surface area contributed by atoms with E-state index in [2.05, 4.69) is 58.8 Å². The number of thiol groups is 1. The number of nitrogens with zero attached hydrogens (tertiary/aromatic N) is 2. The molecule has 0 unspecified atom stereocenters. The van der Waals surface area contributed by atoms with E-state index in [9.17, 15) is 0 Å². The molecule has 0 aliphatic heterocycles. The van der Waals surface area contributed by atoms with E-state index < -0.39 is 0 Å². The third kappa shape index (κ3) is 10.4. The zero-order chi connectivity index (χ0) is 16.2. The summed E-state index contributed by atoms with van der Waals surface area (Å²) in [4.78, 5) is 4.07. The van der Waals surface area contributed by atoms with Crippen LogP contribution in [0.15, 0.2) is 49.1 Å². The van der Waals surface area contributed by atoms with Crippen LogP contribution in [0.25, 0.3) is 11.1 Å². The highest BCUT2D eigenvalue weighted by Crippen LogP contribution is 2.15. The van der Waals surface area contributed by atoms with Crippen molar-refractivity contribution in [1.82, 2.24) is 4.98 Å². The monoisotopic (exact) mass is 488 g/mol. The molecule has 25 heavy (non-hydrogen) atoms. The summed E-state index contributed by atoms with van der Waals surface area (Å²) in [7, 11) is 0. The molecule has 0 spiro atoms. The van der Waals surface area contributed by atoms with Crippen LogP contribution in [0.4, 0.5) is 0 Å². The van der Waals surface area contributed by atoms with Gasteiger partial charge in [0.05, 0.1) is 0 Å². The molecule has 2 heterocycles. The smallest absolute Gasteiger partial charge is 0.169 e. The Bertz CT molecular complexity index is 535. The minimum absolute atomic E-state index is 0. The van der Waals surface area contributed by atoms with Crippen molar-refractivity contribution in [2.45, 2.75) is 57.9 Å². The molecule has 0 saturated carbocycles. The van der Waals surface area contributed by atoms with Gasteiger partial charge in [-0.1, -0.05) is 32.1 Å². The fraction of sp³-hybridized carbons (Fsp3) is 0.500. The van der Waals surface area contributed by atoms with Gasteiger partial charge in [-0.2, -0.15) is 12.6 Å². The molecule has 0 bridgehead atoms. The van der Waals surface area contributed by atoms with E-state index in [1.165, 1.54) is 62.5 Å². The summed E-state index contributed by atoms with van der Waals surface area (Å²) < 4.78 is 2.29. The van der Waals surface area contributed by atoms with Crippen LogP contribution in [0, 0.1) is 0 Å². The van der Waals surface area contributed by atoms with Crippen molar-refractivity contribution in [3.8, 4) is 11.1 Å². The van der Waals surface area contributed by atoms with Crippen molar-refractivity contribution in [3.05, 3.63) is 49.1 Å². The molecule has 0 radical (unpaired) electrons. The van der Waals surface area contributed by atoms with Crippen LogP contribution in [0.2, 0.25) is 0 Å². The van der Waals surface area contributed by atoms with Crippen LogP contribution < -0.4 is 21.5 Å². The topological polar surface area (TPSA) is 16.8 Å². The standard InChI is InChI=1S/C20H28N2S.2BrH/c23-18-8-6-4-2-1-3-5-7-15-22-16-11-20(12-17-22)19-9-13-21-14-10-19;;/h9-14,16-17H,1-8,15,18H2;2*1H. The SMILES string of the molecule is Br.SCCCCCCCCCC[n+]1ccc(-c2ccncc2)cc1.[Br-]. The van der Waals surface area contributed by atoms with Crippen LogP contribution in [0.1, 0.15) is 51.4 Å². The lowest BCUT2D eigenvalue weighted by molar-refractivity contribution is -0.697. The molecule has 140 valence electrons. The van der Waals surface area contributed by atoms with Gasteiger partial charge in [-0.15, -0.1) is 17.0 Å². The van der Waals surface area contributed by atoms with E-state index >= 15 is 0 Å². The number of halogens is 2. The van der Waals surface area contributed by atoms with E-state index in [0.29, 0.717) is 0 Å². The first-order chi connectivity index (χ1) is 11.4. The molecule has 0 atom stereocenters. The molecule has 2 aromatic rings. The Morgan fingerprint density at radius 3 is 1.76 bits per heavy atom. The van der Waals surface area contributed by atoms with Gasteiger partial charge in [0.1, 0.15) is 6.54 Å². The zero-order valence-electron chi connectivity index (χ0n) is 14.8. The summed E-state index contributed by atoms with van der Waals surface area (Å²) in [6.07, 6.45) is 18.8. The lowest BCUT2D eigenvalue weighted by Gasteiger charge is -2.02. The number of hydrogen-bond donors (Lipinski definition) is 1. The first kappa shape index (κ1) is 24.6. The fourth-order valence-corrected chi connectivity index (χ4v) is 3.03. The molecule has 0 amide bonds. The molecule has 0 aliphatic rings. The molecule has 0 N–H and O–H groups in total. The van der Waals surface area contributed by atoms with Crippen LogP contribution in [0.5, 0.6) is 0 Å². The van der Waals surface area contributed by atoms with Gasteiger partial charge in [0, 0.05) is 30.9 Å². The van der Waals surface area contributed by atoms with Crippen molar-refractivity contribution in [2.24, 2.45) is 0 Å². The maximum Gasteiger partial charge on any atom is 0.169 e. The highest BCUT2D eigenvalue weighted by Gasteiger charge is 2.02. The minimum atomic E-state index is 0. The van der Waals surface area contributed by atoms with Crippen LogP contribution in [-0.4, -0.2) is 10.7 Å². The molecule has 2 nitrogen and oxygen atoms in total. The second kappa shape index (κ2) is 15.8. The first-order valence-electron chi connectivity index (χ1n) is 8.90. The summed E-state index contributed by atoms with van der Waals surface area (Å²) in [5, 5.41) is 0.